The Hall–Kier alpha value is -0.900. The van der Waals surface area contributed by atoms with Crippen LogP contribution >= 0.6 is 0 Å². The number of hydrogen-bond donors (Lipinski definition) is 0. The molecule has 2 heterocycles. The Morgan fingerprint density at radius 1 is 1.40 bits per heavy atom. The summed E-state index contributed by atoms with van der Waals surface area (Å²) in [5.41, 5.74) is 0. The van der Waals surface area contributed by atoms with Crippen molar-refractivity contribution >= 4 is 11.7 Å². The van der Waals surface area contributed by atoms with E-state index >= 15 is 0 Å². The van der Waals surface area contributed by atoms with Crippen LogP contribution in [0.1, 0.15) is 32.6 Å². The first kappa shape index (κ1) is 10.6. The van der Waals surface area contributed by atoms with Crippen LogP contribution in [0.2, 0.25) is 0 Å². The van der Waals surface area contributed by atoms with Gasteiger partial charge in [0.25, 0.3) is 0 Å². The maximum absolute atomic E-state index is 11.5. The zero-order valence-electron chi connectivity index (χ0n) is 9.07. The predicted octanol–water partition coefficient (Wildman–Crippen LogP) is 0.745. The van der Waals surface area contributed by atoms with E-state index in [4.69, 9.17) is 4.74 Å². The summed E-state index contributed by atoms with van der Waals surface area (Å²) in [4.78, 5) is 24.3. The monoisotopic (exact) mass is 211 g/mol. The summed E-state index contributed by atoms with van der Waals surface area (Å²) in [6, 6.07) is 0. The van der Waals surface area contributed by atoms with Crippen LogP contribution in [0.25, 0.3) is 0 Å². The smallest absolute Gasteiger partial charge is 0.230 e. The standard InChI is InChI=1S/C11H17NO3/c1-8-2-3-10(15-8)7-12-5-4-9(13)6-11(12)14/h8,10H,2-7H2,1H3. The van der Waals surface area contributed by atoms with Gasteiger partial charge in [0.1, 0.15) is 5.78 Å². The van der Waals surface area contributed by atoms with Gasteiger partial charge >= 0.3 is 0 Å². The fourth-order valence-corrected chi connectivity index (χ4v) is 2.21. The fraction of sp³-hybridized carbons (Fsp3) is 0.818. The van der Waals surface area contributed by atoms with Gasteiger partial charge in [-0.1, -0.05) is 0 Å². The molecule has 2 atom stereocenters. The molecule has 0 spiro atoms. The maximum Gasteiger partial charge on any atom is 0.230 e. The van der Waals surface area contributed by atoms with E-state index < -0.39 is 0 Å². The van der Waals surface area contributed by atoms with E-state index in [1.165, 1.54) is 0 Å². The van der Waals surface area contributed by atoms with Crippen LogP contribution in [0.5, 0.6) is 0 Å². The first-order valence-corrected chi connectivity index (χ1v) is 5.60. The Morgan fingerprint density at radius 3 is 2.80 bits per heavy atom. The van der Waals surface area contributed by atoms with Crippen LogP contribution in [0.3, 0.4) is 0 Å². The minimum absolute atomic E-state index is 0.0330. The van der Waals surface area contributed by atoms with E-state index in [1.54, 1.807) is 4.90 Å². The maximum atomic E-state index is 11.5. The highest BCUT2D eigenvalue weighted by Crippen LogP contribution is 2.21. The number of likely N-dealkylation sites (tertiary alicyclic amines) is 1. The van der Waals surface area contributed by atoms with Gasteiger partial charge in [-0.05, 0) is 19.8 Å². The number of carbonyl (C=O) groups is 2. The first-order chi connectivity index (χ1) is 7.15. The van der Waals surface area contributed by atoms with E-state index in [-0.39, 0.29) is 24.2 Å². The van der Waals surface area contributed by atoms with Gasteiger partial charge in [-0.3, -0.25) is 9.59 Å². The molecular formula is C11H17NO3. The van der Waals surface area contributed by atoms with E-state index in [9.17, 15) is 9.59 Å². The number of rotatable bonds is 2. The van der Waals surface area contributed by atoms with E-state index in [1.807, 2.05) is 0 Å². The second kappa shape index (κ2) is 4.31. The Labute approximate surface area is 89.6 Å². The third-order valence-electron chi connectivity index (χ3n) is 3.11. The average Bonchev–Trinajstić information content (AvgIpc) is 2.56. The molecule has 0 bridgehead atoms. The second-order valence-corrected chi connectivity index (χ2v) is 4.45. The van der Waals surface area contributed by atoms with Gasteiger partial charge in [0.15, 0.2) is 0 Å². The molecule has 0 aromatic rings. The molecule has 2 fully saturated rings. The summed E-state index contributed by atoms with van der Waals surface area (Å²) in [7, 11) is 0. The third kappa shape index (κ3) is 2.56. The molecule has 2 saturated heterocycles. The van der Waals surface area contributed by atoms with Gasteiger partial charge in [0.05, 0.1) is 18.6 Å². The van der Waals surface area contributed by atoms with Crippen LogP contribution in [-0.4, -0.2) is 41.9 Å². The Kier molecular flexibility index (Phi) is 3.05. The highest BCUT2D eigenvalue weighted by Gasteiger charge is 2.29. The van der Waals surface area contributed by atoms with Crippen LogP contribution in [0, 0.1) is 0 Å². The number of amides is 1. The highest BCUT2D eigenvalue weighted by atomic mass is 16.5. The number of ether oxygens (including phenoxy) is 1. The van der Waals surface area contributed by atoms with Crippen molar-refractivity contribution in [2.45, 2.75) is 44.8 Å². The molecule has 84 valence electrons. The van der Waals surface area contributed by atoms with E-state index in [0.717, 1.165) is 12.8 Å². The minimum atomic E-state index is -0.0330. The van der Waals surface area contributed by atoms with Crippen molar-refractivity contribution in [2.24, 2.45) is 0 Å². The number of nitrogens with zero attached hydrogens (tertiary/aromatic N) is 1. The lowest BCUT2D eigenvalue weighted by Gasteiger charge is -2.28. The fourth-order valence-electron chi connectivity index (χ4n) is 2.21. The van der Waals surface area contributed by atoms with Crippen molar-refractivity contribution in [1.82, 2.24) is 4.90 Å². The van der Waals surface area contributed by atoms with Gasteiger partial charge in [-0.2, -0.15) is 0 Å². The van der Waals surface area contributed by atoms with Crippen molar-refractivity contribution < 1.29 is 14.3 Å². The Balaban J connectivity index is 1.84. The molecule has 2 aliphatic rings. The molecular weight excluding hydrogens is 194 g/mol. The van der Waals surface area contributed by atoms with Crippen molar-refractivity contribution in [1.29, 1.82) is 0 Å². The molecule has 0 N–H and O–H groups in total. The van der Waals surface area contributed by atoms with Crippen LogP contribution in [0.15, 0.2) is 0 Å². The van der Waals surface area contributed by atoms with Crippen molar-refractivity contribution in [3.8, 4) is 0 Å². The second-order valence-electron chi connectivity index (χ2n) is 4.45. The van der Waals surface area contributed by atoms with Gasteiger partial charge in [-0.15, -0.1) is 0 Å². The van der Waals surface area contributed by atoms with Gasteiger partial charge in [-0.25, -0.2) is 0 Å². The molecule has 2 unspecified atom stereocenters. The van der Waals surface area contributed by atoms with Crippen molar-refractivity contribution in [2.75, 3.05) is 13.1 Å². The summed E-state index contributed by atoms with van der Waals surface area (Å²) in [5, 5.41) is 0. The van der Waals surface area contributed by atoms with Gasteiger partial charge < -0.3 is 9.64 Å². The molecule has 4 nitrogen and oxygen atoms in total. The van der Waals surface area contributed by atoms with Gasteiger partial charge in [0.2, 0.25) is 5.91 Å². The highest BCUT2D eigenvalue weighted by molar-refractivity contribution is 6.00. The third-order valence-corrected chi connectivity index (χ3v) is 3.11. The number of carbonyl (C=O) groups excluding carboxylic acids is 2. The van der Waals surface area contributed by atoms with Gasteiger partial charge in [0, 0.05) is 19.5 Å². The SMILES string of the molecule is CC1CCC(CN2CCC(=O)CC2=O)O1. The van der Waals surface area contributed by atoms with Crippen LogP contribution in [-0.2, 0) is 14.3 Å². The zero-order valence-corrected chi connectivity index (χ0v) is 9.07. The Bertz CT molecular complexity index is 277. The summed E-state index contributed by atoms with van der Waals surface area (Å²) < 4.78 is 5.66. The largest absolute Gasteiger partial charge is 0.373 e. The van der Waals surface area contributed by atoms with E-state index in [0.29, 0.717) is 25.6 Å². The summed E-state index contributed by atoms with van der Waals surface area (Å²) in [5.74, 6) is 0.0337. The number of hydrogen-bond acceptors (Lipinski definition) is 3. The Morgan fingerprint density at radius 2 is 2.20 bits per heavy atom. The number of piperidine rings is 1. The van der Waals surface area contributed by atoms with Crippen LogP contribution < -0.4 is 0 Å². The van der Waals surface area contributed by atoms with Crippen molar-refractivity contribution in [3.63, 3.8) is 0 Å². The number of ketones is 1. The van der Waals surface area contributed by atoms with Crippen molar-refractivity contribution in [3.05, 3.63) is 0 Å². The molecule has 1 amide bonds. The topological polar surface area (TPSA) is 46.6 Å². The lowest BCUT2D eigenvalue weighted by molar-refractivity contribution is -0.141. The molecule has 2 aliphatic heterocycles. The molecule has 15 heavy (non-hydrogen) atoms. The summed E-state index contributed by atoms with van der Waals surface area (Å²) in [6.07, 6.45) is 3.19. The summed E-state index contributed by atoms with van der Waals surface area (Å²) >= 11 is 0. The molecule has 0 aromatic heterocycles. The number of Topliss-reactive ketones (excluding diaryl/α,β-unsaturated/α-hetero) is 1. The molecule has 4 heteroatoms. The molecule has 0 aliphatic carbocycles. The lowest BCUT2D eigenvalue weighted by Crippen LogP contribution is -2.43. The lowest BCUT2D eigenvalue weighted by atomic mass is 10.1. The first-order valence-electron chi connectivity index (χ1n) is 5.60. The van der Waals surface area contributed by atoms with Crippen LogP contribution in [0.4, 0.5) is 0 Å². The summed E-state index contributed by atoms with van der Waals surface area (Å²) in [6.45, 7) is 3.30. The molecule has 0 saturated carbocycles. The normalized spacial score (nSPS) is 32.5. The molecule has 2 rings (SSSR count). The molecule has 0 aromatic carbocycles. The predicted molar refractivity (Wildman–Crippen MR) is 54.4 cm³/mol. The quantitative estimate of drug-likeness (QED) is 0.633. The zero-order chi connectivity index (χ0) is 10.8. The average molecular weight is 211 g/mol. The minimum Gasteiger partial charge on any atom is -0.373 e. The van der Waals surface area contributed by atoms with E-state index in [2.05, 4.69) is 6.92 Å². The molecule has 0 radical (unpaired) electrons.